The first-order chi connectivity index (χ1) is 6.67. The van der Waals surface area contributed by atoms with Crippen LogP contribution in [-0.2, 0) is 0 Å². The van der Waals surface area contributed by atoms with Gasteiger partial charge in [-0.2, -0.15) is 5.10 Å². The maximum absolute atomic E-state index is 11.1. The van der Waals surface area contributed by atoms with Gasteiger partial charge in [0.1, 0.15) is 5.02 Å². The van der Waals surface area contributed by atoms with Crippen molar-refractivity contribution in [3.05, 3.63) is 21.6 Å². The first kappa shape index (κ1) is 9.52. The SMILES string of the molecule is CCC1(Nc2cn[nH]c(=O)c2Cl)CC1. The van der Waals surface area contributed by atoms with E-state index in [9.17, 15) is 4.79 Å². The smallest absolute Gasteiger partial charge is 0.285 e. The summed E-state index contributed by atoms with van der Waals surface area (Å²) in [6.07, 6.45) is 4.86. The van der Waals surface area contributed by atoms with E-state index < -0.39 is 0 Å². The third-order valence-electron chi connectivity index (χ3n) is 2.73. The van der Waals surface area contributed by atoms with Gasteiger partial charge in [0.2, 0.25) is 0 Å². The molecule has 0 unspecified atom stereocenters. The molecule has 2 rings (SSSR count). The summed E-state index contributed by atoms with van der Waals surface area (Å²) in [6, 6.07) is 0. The first-order valence-corrected chi connectivity index (χ1v) is 5.06. The molecule has 0 aromatic carbocycles. The van der Waals surface area contributed by atoms with Gasteiger partial charge in [0.15, 0.2) is 0 Å². The van der Waals surface area contributed by atoms with Gasteiger partial charge in [0.25, 0.3) is 5.56 Å². The van der Waals surface area contributed by atoms with Crippen LogP contribution in [0.25, 0.3) is 0 Å². The van der Waals surface area contributed by atoms with Crippen LogP contribution < -0.4 is 10.9 Å². The number of hydrogen-bond donors (Lipinski definition) is 2. The zero-order valence-corrected chi connectivity index (χ0v) is 8.69. The molecule has 0 bridgehead atoms. The Balaban J connectivity index is 2.25. The number of aromatic amines is 1. The molecule has 0 radical (unpaired) electrons. The Kier molecular flexibility index (Phi) is 2.23. The topological polar surface area (TPSA) is 57.8 Å². The van der Waals surface area contributed by atoms with Crippen molar-refractivity contribution in [2.45, 2.75) is 31.7 Å². The number of hydrogen-bond acceptors (Lipinski definition) is 3. The van der Waals surface area contributed by atoms with E-state index in [1.54, 1.807) is 6.20 Å². The van der Waals surface area contributed by atoms with Gasteiger partial charge in [-0.15, -0.1) is 0 Å². The number of anilines is 1. The highest BCUT2D eigenvalue weighted by Gasteiger charge is 2.41. The highest BCUT2D eigenvalue weighted by molar-refractivity contribution is 6.32. The molecule has 1 heterocycles. The van der Waals surface area contributed by atoms with Crippen LogP contribution in [0.15, 0.2) is 11.0 Å². The average Bonchev–Trinajstić information content (AvgIpc) is 2.94. The maximum Gasteiger partial charge on any atom is 0.285 e. The van der Waals surface area contributed by atoms with Crippen LogP contribution in [-0.4, -0.2) is 15.7 Å². The van der Waals surface area contributed by atoms with E-state index in [0.29, 0.717) is 5.69 Å². The largest absolute Gasteiger partial charge is 0.377 e. The van der Waals surface area contributed by atoms with Gasteiger partial charge in [0, 0.05) is 5.54 Å². The number of rotatable bonds is 3. The lowest BCUT2D eigenvalue weighted by atomic mass is 10.2. The molecule has 14 heavy (non-hydrogen) atoms. The molecule has 0 aliphatic heterocycles. The molecule has 1 aromatic heterocycles. The van der Waals surface area contributed by atoms with Crippen LogP contribution in [0.5, 0.6) is 0 Å². The fourth-order valence-corrected chi connectivity index (χ4v) is 1.61. The van der Waals surface area contributed by atoms with E-state index in [2.05, 4.69) is 22.4 Å². The molecule has 4 nitrogen and oxygen atoms in total. The van der Waals surface area contributed by atoms with Crippen molar-refractivity contribution in [3.63, 3.8) is 0 Å². The van der Waals surface area contributed by atoms with E-state index in [4.69, 9.17) is 11.6 Å². The van der Waals surface area contributed by atoms with Gasteiger partial charge in [-0.25, -0.2) is 5.10 Å². The molecule has 0 saturated heterocycles. The lowest BCUT2D eigenvalue weighted by Gasteiger charge is -2.16. The van der Waals surface area contributed by atoms with Gasteiger partial charge in [-0.1, -0.05) is 18.5 Å². The summed E-state index contributed by atoms with van der Waals surface area (Å²) < 4.78 is 0. The number of halogens is 1. The van der Waals surface area contributed by atoms with E-state index in [1.165, 1.54) is 0 Å². The maximum atomic E-state index is 11.1. The molecule has 0 atom stereocenters. The van der Waals surface area contributed by atoms with E-state index in [-0.39, 0.29) is 16.1 Å². The fraction of sp³-hybridized carbons (Fsp3) is 0.556. The summed E-state index contributed by atoms with van der Waals surface area (Å²) in [5.74, 6) is 0. The van der Waals surface area contributed by atoms with Gasteiger partial charge in [-0.05, 0) is 19.3 Å². The van der Waals surface area contributed by atoms with Crippen molar-refractivity contribution < 1.29 is 0 Å². The molecular formula is C9H12ClN3O. The predicted octanol–water partition coefficient (Wildman–Crippen LogP) is 1.78. The summed E-state index contributed by atoms with van der Waals surface area (Å²) >= 11 is 5.84. The zero-order valence-electron chi connectivity index (χ0n) is 7.93. The zero-order chi connectivity index (χ0) is 10.2. The summed E-state index contributed by atoms with van der Waals surface area (Å²) in [5.41, 5.74) is 0.442. The minimum atomic E-state index is -0.344. The summed E-state index contributed by atoms with van der Waals surface area (Å²) in [4.78, 5) is 11.1. The quantitative estimate of drug-likeness (QED) is 0.805. The van der Waals surface area contributed by atoms with Crippen molar-refractivity contribution in [2.24, 2.45) is 0 Å². The standard InChI is InChI=1S/C9H12ClN3O/c1-2-9(3-4-9)12-6-5-11-13-8(14)7(6)10/h5H,2-4H2,1H3,(H2,12,13,14). The lowest BCUT2D eigenvalue weighted by molar-refractivity contribution is 0.700. The molecule has 1 fully saturated rings. The molecule has 1 aliphatic carbocycles. The number of H-pyrrole nitrogens is 1. The molecule has 0 amide bonds. The molecule has 1 aromatic rings. The second-order valence-corrected chi connectivity index (χ2v) is 4.06. The normalized spacial score (nSPS) is 17.9. The van der Waals surface area contributed by atoms with Crippen LogP contribution in [0.1, 0.15) is 26.2 Å². The second-order valence-electron chi connectivity index (χ2n) is 3.69. The summed E-state index contributed by atoms with van der Waals surface area (Å²) in [6.45, 7) is 2.12. The van der Waals surface area contributed by atoms with Crippen molar-refractivity contribution in [1.82, 2.24) is 10.2 Å². The average molecular weight is 214 g/mol. The molecule has 0 spiro atoms. The first-order valence-electron chi connectivity index (χ1n) is 4.68. The van der Waals surface area contributed by atoms with Crippen LogP contribution in [0, 0.1) is 0 Å². The molecule has 1 saturated carbocycles. The van der Waals surface area contributed by atoms with Gasteiger partial charge in [0.05, 0.1) is 11.9 Å². The fourth-order valence-electron chi connectivity index (χ4n) is 1.47. The summed E-state index contributed by atoms with van der Waals surface area (Å²) in [5, 5.41) is 9.46. The molecule has 1 aliphatic rings. The van der Waals surface area contributed by atoms with E-state index in [0.717, 1.165) is 19.3 Å². The van der Waals surface area contributed by atoms with E-state index in [1.807, 2.05) is 0 Å². The highest BCUT2D eigenvalue weighted by Crippen LogP contribution is 2.42. The monoisotopic (exact) mass is 213 g/mol. The summed E-state index contributed by atoms with van der Waals surface area (Å²) in [7, 11) is 0. The number of nitrogens with zero attached hydrogens (tertiary/aromatic N) is 1. The van der Waals surface area contributed by atoms with Crippen molar-refractivity contribution in [3.8, 4) is 0 Å². The minimum Gasteiger partial charge on any atom is -0.377 e. The van der Waals surface area contributed by atoms with Crippen molar-refractivity contribution in [2.75, 3.05) is 5.32 Å². The van der Waals surface area contributed by atoms with Crippen LogP contribution in [0.3, 0.4) is 0 Å². The Morgan fingerprint density at radius 2 is 2.43 bits per heavy atom. The third kappa shape index (κ3) is 1.62. The molecule has 5 heteroatoms. The number of aromatic nitrogens is 2. The molecule has 76 valence electrons. The Labute approximate surface area is 86.7 Å². The van der Waals surface area contributed by atoms with E-state index >= 15 is 0 Å². The van der Waals surface area contributed by atoms with Crippen LogP contribution in [0.2, 0.25) is 5.02 Å². The van der Waals surface area contributed by atoms with Gasteiger partial charge >= 0.3 is 0 Å². The molecular weight excluding hydrogens is 202 g/mol. The Morgan fingerprint density at radius 1 is 1.71 bits per heavy atom. The van der Waals surface area contributed by atoms with Crippen molar-refractivity contribution in [1.29, 1.82) is 0 Å². The predicted molar refractivity (Wildman–Crippen MR) is 55.7 cm³/mol. The lowest BCUT2D eigenvalue weighted by Crippen LogP contribution is -2.22. The Bertz CT molecular complexity index is 397. The van der Waals surface area contributed by atoms with Crippen LogP contribution >= 0.6 is 11.6 Å². The number of nitrogens with one attached hydrogen (secondary N) is 2. The van der Waals surface area contributed by atoms with Crippen LogP contribution in [0.4, 0.5) is 5.69 Å². The van der Waals surface area contributed by atoms with Gasteiger partial charge in [-0.3, -0.25) is 4.79 Å². The third-order valence-corrected chi connectivity index (χ3v) is 3.10. The van der Waals surface area contributed by atoms with Gasteiger partial charge < -0.3 is 5.32 Å². The Morgan fingerprint density at radius 3 is 3.00 bits per heavy atom. The second kappa shape index (κ2) is 3.28. The molecule has 2 N–H and O–H groups in total. The van der Waals surface area contributed by atoms with Crippen molar-refractivity contribution >= 4 is 17.3 Å². The Hall–Kier alpha value is -1.03. The minimum absolute atomic E-state index is 0.152. The highest BCUT2D eigenvalue weighted by atomic mass is 35.5.